The van der Waals surface area contributed by atoms with Crippen molar-refractivity contribution in [3.63, 3.8) is 0 Å². The van der Waals surface area contributed by atoms with Gasteiger partial charge in [0.15, 0.2) is 0 Å². The number of ether oxygens (including phenoxy) is 3. The van der Waals surface area contributed by atoms with Crippen LogP contribution in [0.5, 0.6) is 11.5 Å². The summed E-state index contributed by atoms with van der Waals surface area (Å²) >= 11 is 0. The van der Waals surface area contributed by atoms with E-state index in [1.54, 1.807) is 42.2 Å². The minimum Gasteiger partial charge on any atom is -0.497 e. The normalized spacial score (nSPS) is 22.8. The molecule has 142 valence electrons. The predicted octanol–water partition coefficient (Wildman–Crippen LogP) is 0.106. The fraction of sp³-hybridized carbons (Fsp3) is 0.556. The Labute approximate surface area is 152 Å². The molecule has 0 bridgehead atoms. The van der Waals surface area contributed by atoms with Crippen molar-refractivity contribution in [3.8, 4) is 11.5 Å². The van der Waals surface area contributed by atoms with Gasteiger partial charge >= 0.3 is 0 Å². The summed E-state index contributed by atoms with van der Waals surface area (Å²) in [5.41, 5.74) is 5.50. The number of nitrogens with zero attached hydrogens (tertiary/aromatic N) is 2. The smallest absolute Gasteiger partial charge is 0.257 e. The van der Waals surface area contributed by atoms with Crippen molar-refractivity contribution in [1.29, 1.82) is 0 Å². The van der Waals surface area contributed by atoms with Crippen molar-refractivity contribution < 1.29 is 23.8 Å². The molecule has 3 rings (SSSR count). The van der Waals surface area contributed by atoms with Gasteiger partial charge in [-0.05, 0) is 18.6 Å². The highest BCUT2D eigenvalue weighted by molar-refractivity contribution is 5.97. The van der Waals surface area contributed by atoms with Gasteiger partial charge in [0.25, 0.3) is 5.91 Å². The van der Waals surface area contributed by atoms with Gasteiger partial charge in [-0.15, -0.1) is 0 Å². The van der Waals surface area contributed by atoms with Gasteiger partial charge < -0.3 is 29.7 Å². The molecule has 0 saturated carbocycles. The first-order chi connectivity index (χ1) is 12.5. The molecule has 2 aliphatic heterocycles. The van der Waals surface area contributed by atoms with E-state index in [9.17, 15) is 9.59 Å². The van der Waals surface area contributed by atoms with E-state index in [1.807, 2.05) is 0 Å². The number of rotatable bonds is 5. The number of benzene rings is 1. The van der Waals surface area contributed by atoms with E-state index in [1.165, 1.54) is 0 Å². The van der Waals surface area contributed by atoms with Crippen molar-refractivity contribution in [2.45, 2.75) is 12.0 Å². The molecule has 2 amide bonds. The third kappa shape index (κ3) is 3.61. The van der Waals surface area contributed by atoms with Gasteiger partial charge in [0.2, 0.25) is 5.91 Å². The van der Waals surface area contributed by atoms with Crippen LogP contribution in [0.4, 0.5) is 0 Å². The summed E-state index contributed by atoms with van der Waals surface area (Å²) in [7, 11) is 3.32. The van der Waals surface area contributed by atoms with Crippen LogP contribution in [-0.4, -0.2) is 80.8 Å². The fourth-order valence-corrected chi connectivity index (χ4v) is 3.42. The van der Waals surface area contributed by atoms with E-state index in [0.717, 1.165) is 0 Å². The maximum Gasteiger partial charge on any atom is 0.257 e. The molecule has 8 nitrogen and oxygen atoms in total. The first-order valence-electron chi connectivity index (χ1n) is 8.66. The second-order valence-electron chi connectivity index (χ2n) is 6.70. The molecule has 8 heteroatoms. The second-order valence-corrected chi connectivity index (χ2v) is 6.70. The molecule has 1 atom stereocenters. The van der Waals surface area contributed by atoms with Crippen molar-refractivity contribution in [2.24, 2.45) is 5.73 Å². The Kier molecular flexibility index (Phi) is 5.33. The molecular formula is C18H25N3O5. The number of morpholine rings is 1. The van der Waals surface area contributed by atoms with Crippen LogP contribution in [0.15, 0.2) is 18.2 Å². The number of carbonyl (C=O) groups is 2. The van der Waals surface area contributed by atoms with Crippen LogP contribution in [0.3, 0.4) is 0 Å². The summed E-state index contributed by atoms with van der Waals surface area (Å²) in [6, 6.07) is 5.13. The lowest BCUT2D eigenvalue weighted by molar-refractivity contribution is -0.158. The number of likely N-dealkylation sites (N-methyl/N-ethyl adjacent to an activating group) is 1. The van der Waals surface area contributed by atoms with Gasteiger partial charge in [-0.1, -0.05) is 0 Å². The SMILES string of the molecule is COc1ccc(C(=O)N2CC[C@]3(CN(C)C(=O)CO3)C2)c(OCCN)c1. The third-order valence-electron chi connectivity index (χ3n) is 4.85. The Hall–Kier alpha value is -2.32. The minimum atomic E-state index is -0.483. The van der Waals surface area contributed by atoms with Crippen LogP contribution in [0, 0.1) is 0 Å². The van der Waals surface area contributed by atoms with Gasteiger partial charge in [0.05, 0.1) is 25.8 Å². The van der Waals surface area contributed by atoms with E-state index in [0.29, 0.717) is 56.3 Å². The largest absolute Gasteiger partial charge is 0.497 e. The predicted molar refractivity (Wildman–Crippen MR) is 94.4 cm³/mol. The van der Waals surface area contributed by atoms with Gasteiger partial charge in [-0.3, -0.25) is 9.59 Å². The summed E-state index contributed by atoms with van der Waals surface area (Å²) in [5.74, 6) is 0.910. The maximum absolute atomic E-state index is 13.0. The summed E-state index contributed by atoms with van der Waals surface area (Å²) in [4.78, 5) is 28.1. The zero-order valence-corrected chi connectivity index (χ0v) is 15.2. The average molecular weight is 363 g/mol. The fourth-order valence-electron chi connectivity index (χ4n) is 3.42. The van der Waals surface area contributed by atoms with Gasteiger partial charge in [0.1, 0.15) is 30.3 Å². The molecule has 0 unspecified atom stereocenters. The van der Waals surface area contributed by atoms with E-state index in [-0.39, 0.29) is 18.4 Å². The molecule has 0 radical (unpaired) electrons. The molecule has 1 aromatic rings. The quantitative estimate of drug-likeness (QED) is 0.798. The Bertz CT molecular complexity index is 695. The summed E-state index contributed by atoms with van der Waals surface area (Å²) in [6.07, 6.45) is 0.700. The Morgan fingerprint density at radius 3 is 2.88 bits per heavy atom. The van der Waals surface area contributed by atoms with Gasteiger partial charge in [-0.2, -0.15) is 0 Å². The molecule has 1 spiro atoms. The highest BCUT2D eigenvalue weighted by Gasteiger charge is 2.45. The lowest BCUT2D eigenvalue weighted by atomic mass is 10.0. The van der Waals surface area contributed by atoms with E-state index in [4.69, 9.17) is 19.9 Å². The van der Waals surface area contributed by atoms with Crippen LogP contribution >= 0.6 is 0 Å². The average Bonchev–Trinajstić information content (AvgIpc) is 3.06. The molecule has 2 saturated heterocycles. The number of methoxy groups -OCH3 is 1. The summed E-state index contributed by atoms with van der Waals surface area (Å²) in [6.45, 7) is 2.25. The lowest BCUT2D eigenvalue weighted by Gasteiger charge is -2.38. The topological polar surface area (TPSA) is 94.3 Å². The van der Waals surface area contributed by atoms with Crippen molar-refractivity contribution >= 4 is 11.8 Å². The van der Waals surface area contributed by atoms with Crippen LogP contribution in [0.2, 0.25) is 0 Å². The number of nitrogens with two attached hydrogens (primary N) is 1. The second kappa shape index (κ2) is 7.51. The number of hydrogen-bond donors (Lipinski definition) is 1. The van der Waals surface area contributed by atoms with Gasteiger partial charge in [-0.25, -0.2) is 0 Å². The first kappa shape index (κ1) is 18.5. The van der Waals surface area contributed by atoms with E-state index in [2.05, 4.69) is 0 Å². The monoisotopic (exact) mass is 363 g/mol. The Morgan fingerprint density at radius 2 is 2.19 bits per heavy atom. The highest BCUT2D eigenvalue weighted by Crippen LogP contribution is 2.32. The molecule has 2 N–H and O–H groups in total. The Morgan fingerprint density at radius 1 is 1.38 bits per heavy atom. The standard InChI is InChI=1S/C18H25N3O5/c1-20-11-18(26-10-16(20)22)5-7-21(12-18)17(23)14-4-3-13(24-2)9-15(14)25-8-6-19/h3-4,9H,5-8,10-12,19H2,1-2H3/t18-/m0/s1. The summed E-state index contributed by atoms with van der Waals surface area (Å²) in [5, 5.41) is 0. The molecule has 0 aliphatic carbocycles. The van der Waals surface area contributed by atoms with Crippen LogP contribution in [-0.2, 0) is 9.53 Å². The van der Waals surface area contributed by atoms with E-state index < -0.39 is 5.60 Å². The molecule has 1 aromatic carbocycles. The molecule has 2 heterocycles. The molecule has 2 aliphatic rings. The number of carbonyl (C=O) groups excluding carboxylic acids is 2. The number of amides is 2. The Balaban J connectivity index is 1.76. The highest BCUT2D eigenvalue weighted by atomic mass is 16.5. The number of likely N-dealkylation sites (tertiary alicyclic amines) is 1. The number of hydrogen-bond acceptors (Lipinski definition) is 6. The van der Waals surface area contributed by atoms with E-state index >= 15 is 0 Å². The van der Waals surface area contributed by atoms with Crippen LogP contribution in [0.1, 0.15) is 16.8 Å². The van der Waals surface area contributed by atoms with Crippen LogP contribution in [0.25, 0.3) is 0 Å². The lowest BCUT2D eigenvalue weighted by Crippen LogP contribution is -2.54. The molecule has 26 heavy (non-hydrogen) atoms. The first-order valence-corrected chi connectivity index (χ1v) is 8.66. The van der Waals surface area contributed by atoms with Crippen molar-refractivity contribution in [1.82, 2.24) is 9.80 Å². The van der Waals surface area contributed by atoms with Crippen molar-refractivity contribution in [3.05, 3.63) is 23.8 Å². The molecule has 0 aromatic heterocycles. The molecule has 2 fully saturated rings. The van der Waals surface area contributed by atoms with Crippen molar-refractivity contribution in [2.75, 3.05) is 53.6 Å². The van der Waals surface area contributed by atoms with Crippen LogP contribution < -0.4 is 15.2 Å². The zero-order chi connectivity index (χ0) is 18.7. The zero-order valence-electron chi connectivity index (χ0n) is 15.2. The molecular weight excluding hydrogens is 338 g/mol. The summed E-state index contributed by atoms with van der Waals surface area (Å²) < 4.78 is 16.7. The third-order valence-corrected chi connectivity index (χ3v) is 4.85. The maximum atomic E-state index is 13.0. The minimum absolute atomic E-state index is 0.0342. The van der Waals surface area contributed by atoms with Gasteiger partial charge in [0, 0.05) is 26.2 Å².